The summed E-state index contributed by atoms with van der Waals surface area (Å²) < 4.78 is 0. The van der Waals surface area contributed by atoms with Gasteiger partial charge in [0.15, 0.2) is 0 Å². The standard InChI is InChI=1S/C7H11N/c1-6-3-7(6,8)5-2-4(5)6/h4-5H,2-3,8H2,1H3/t4?,5-,6+,7?/m0/s1. The van der Waals surface area contributed by atoms with Crippen LogP contribution in [-0.2, 0) is 0 Å². The second-order valence-electron chi connectivity index (χ2n) is 4.08. The summed E-state index contributed by atoms with van der Waals surface area (Å²) in [4.78, 5) is 0. The molecule has 3 rings (SSSR count). The molecule has 0 spiro atoms. The van der Waals surface area contributed by atoms with Crippen molar-refractivity contribution in [3.05, 3.63) is 0 Å². The third kappa shape index (κ3) is 0.153. The van der Waals surface area contributed by atoms with E-state index in [9.17, 15) is 0 Å². The van der Waals surface area contributed by atoms with Gasteiger partial charge in [0.2, 0.25) is 0 Å². The molecule has 44 valence electrons. The van der Waals surface area contributed by atoms with Gasteiger partial charge < -0.3 is 5.73 Å². The van der Waals surface area contributed by atoms with Gasteiger partial charge in [-0.3, -0.25) is 0 Å². The highest BCUT2D eigenvalue weighted by atomic mass is 15.1. The molecule has 0 aromatic carbocycles. The first-order chi connectivity index (χ1) is 3.68. The van der Waals surface area contributed by atoms with Crippen molar-refractivity contribution < 1.29 is 0 Å². The molecular weight excluding hydrogens is 98.1 g/mol. The average molecular weight is 109 g/mol. The normalized spacial score (nSPS) is 81.8. The molecule has 3 fully saturated rings. The Morgan fingerprint density at radius 3 is 2.38 bits per heavy atom. The Labute approximate surface area is 49.3 Å². The third-order valence-corrected chi connectivity index (χ3v) is 3.87. The second kappa shape index (κ2) is 0.621. The molecule has 1 nitrogen and oxygen atoms in total. The zero-order valence-electron chi connectivity index (χ0n) is 5.15. The summed E-state index contributed by atoms with van der Waals surface area (Å²) in [6.07, 6.45) is 2.78. The largest absolute Gasteiger partial charge is 0.324 e. The van der Waals surface area contributed by atoms with Crippen molar-refractivity contribution in [1.82, 2.24) is 0 Å². The summed E-state index contributed by atoms with van der Waals surface area (Å²) in [6.45, 7) is 2.35. The highest BCUT2D eigenvalue weighted by molar-refractivity contribution is 5.40. The van der Waals surface area contributed by atoms with Crippen LogP contribution in [0.25, 0.3) is 0 Å². The Hall–Kier alpha value is -0.0400. The van der Waals surface area contributed by atoms with Gasteiger partial charge in [0.1, 0.15) is 0 Å². The number of hydrogen-bond donors (Lipinski definition) is 1. The van der Waals surface area contributed by atoms with Crippen LogP contribution in [0.5, 0.6) is 0 Å². The molecule has 0 saturated heterocycles. The average Bonchev–Trinajstić information content (AvgIpc) is 2.46. The Morgan fingerprint density at radius 1 is 1.50 bits per heavy atom. The molecule has 3 saturated carbocycles. The number of nitrogens with two attached hydrogens (primary N) is 1. The SMILES string of the molecule is C[C@]12CC1(N)[C@H]1CC12. The lowest BCUT2D eigenvalue weighted by Gasteiger charge is -2.27. The minimum Gasteiger partial charge on any atom is -0.324 e. The first kappa shape index (κ1) is 3.89. The van der Waals surface area contributed by atoms with Crippen LogP contribution in [0.3, 0.4) is 0 Å². The van der Waals surface area contributed by atoms with Crippen molar-refractivity contribution in [2.75, 3.05) is 0 Å². The predicted octanol–water partition coefficient (Wildman–Crippen LogP) is 0.744. The Balaban J connectivity index is 2.12. The lowest BCUT2D eigenvalue weighted by Crippen LogP contribution is -2.41. The molecule has 3 aliphatic rings. The summed E-state index contributed by atoms with van der Waals surface area (Å²) in [5, 5.41) is 0. The molecular formula is C7H11N. The monoisotopic (exact) mass is 109 g/mol. The first-order valence-corrected chi connectivity index (χ1v) is 3.47. The fourth-order valence-corrected chi connectivity index (χ4v) is 2.97. The topological polar surface area (TPSA) is 26.0 Å². The van der Waals surface area contributed by atoms with Gasteiger partial charge in [0.05, 0.1) is 0 Å². The first-order valence-electron chi connectivity index (χ1n) is 3.47. The summed E-state index contributed by atoms with van der Waals surface area (Å²) in [5.74, 6) is 2.03. The molecule has 8 heavy (non-hydrogen) atoms. The van der Waals surface area contributed by atoms with Gasteiger partial charge in [-0.2, -0.15) is 0 Å². The van der Waals surface area contributed by atoms with E-state index in [1.807, 2.05) is 0 Å². The van der Waals surface area contributed by atoms with E-state index in [-0.39, 0.29) is 0 Å². The minimum atomic E-state index is 0.359. The molecule has 0 aliphatic heterocycles. The van der Waals surface area contributed by atoms with E-state index in [0.29, 0.717) is 11.0 Å². The quantitative estimate of drug-likeness (QED) is 0.488. The van der Waals surface area contributed by atoms with E-state index in [0.717, 1.165) is 11.8 Å². The van der Waals surface area contributed by atoms with Crippen LogP contribution in [-0.4, -0.2) is 5.54 Å². The molecule has 0 radical (unpaired) electrons. The fraction of sp³-hybridized carbons (Fsp3) is 1.00. The molecule has 0 aromatic rings. The maximum atomic E-state index is 6.02. The maximum absolute atomic E-state index is 6.02. The zero-order valence-corrected chi connectivity index (χ0v) is 5.15. The number of rotatable bonds is 0. The summed E-state index contributed by atoms with van der Waals surface area (Å²) in [7, 11) is 0. The number of hydrogen-bond acceptors (Lipinski definition) is 1. The highest BCUT2D eigenvalue weighted by Crippen LogP contribution is 2.86. The Kier molecular flexibility index (Phi) is 0.302. The van der Waals surface area contributed by atoms with Crippen LogP contribution in [0, 0.1) is 17.3 Å². The summed E-state index contributed by atoms with van der Waals surface area (Å²) >= 11 is 0. The molecule has 0 heterocycles. The predicted molar refractivity (Wildman–Crippen MR) is 31.2 cm³/mol. The van der Waals surface area contributed by atoms with Gasteiger partial charge in [-0.25, -0.2) is 0 Å². The summed E-state index contributed by atoms with van der Waals surface area (Å²) in [6, 6.07) is 0. The maximum Gasteiger partial charge on any atom is 0.0249 e. The van der Waals surface area contributed by atoms with Gasteiger partial charge >= 0.3 is 0 Å². The second-order valence-corrected chi connectivity index (χ2v) is 4.08. The zero-order chi connectivity index (χ0) is 5.57. The van der Waals surface area contributed by atoms with Crippen molar-refractivity contribution >= 4 is 0 Å². The van der Waals surface area contributed by atoms with Crippen LogP contribution in [0.1, 0.15) is 19.8 Å². The smallest absolute Gasteiger partial charge is 0.0249 e. The van der Waals surface area contributed by atoms with E-state index in [1.54, 1.807) is 0 Å². The van der Waals surface area contributed by atoms with Crippen LogP contribution >= 0.6 is 0 Å². The van der Waals surface area contributed by atoms with E-state index in [4.69, 9.17) is 5.73 Å². The summed E-state index contributed by atoms with van der Waals surface area (Å²) in [5.41, 5.74) is 7.01. The van der Waals surface area contributed by atoms with Crippen molar-refractivity contribution in [2.24, 2.45) is 23.0 Å². The molecule has 4 atom stereocenters. The van der Waals surface area contributed by atoms with E-state index >= 15 is 0 Å². The molecule has 2 unspecified atom stereocenters. The van der Waals surface area contributed by atoms with E-state index in [2.05, 4.69) is 6.92 Å². The minimum absolute atomic E-state index is 0.359. The van der Waals surface area contributed by atoms with Gasteiger partial charge in [-0.05, 0) is 30.1 Å². The molecule has 0 amide bonds. The van der Waals surface area contributed by atoms with Crippen molar-refractivity contribution in [3.63, 3.8) is 0 Å². The lowest BCUT2D eigenvalue weighted by molar-refractivity contribution is 0.255. The molecule has 3 aliphatic carbocycles. The van der Waals surface area contributed by atoms with Gasteiger partial charge in [0, 0.05) is 5.54 Å². The Bertz CT molecular complexity index is 159. The lowest BCUT2D eigenvalue weighted by atomic mass is 9.82. The molecule has 0 aromatic heterocycles. The van der Waals surface area contributed by atoms with Crippen LogP contribution in [0.15, 0.2) is 0 Å². The fourth-order valence-electron chi connectivity index (χ4n) is 2.97. The number of fused-ring (bicyclic) bond motifs is 4. The van der Waals surface area contributed by atoms with Gasteiger partial charge in [-0.15, -0.1) is 0 Å². The molecule has 0 bridgehead atoms. The highest BCUT2D eigenvalue weighted by Gasteiger charge is 2.87. The third-order valence-electron chi connectivity index (χ3n) is 3.87. The van der Waals surface area contributed by atoms with Crippen molar-refractivity contribution in [2.45, 2.75) is 25.3 Å². The Morgan fingerprint density at radius 2 is 2.25 bits per heavy atom. The van der Waals surface area contributed by atoms with E-state index in [1.165, 1.54) is 12.8 Å². The van der Waals surface area contributed by atoms with E-state index < -0.39 is 0 Å². The van der Waals surface area contributed by atoms with Crippen LogP contribution < -0.4 is 5.73 Å². The van der Waals surface area contributed by atoms with Crippen molar-refractivity contribution in [1.29, 1.82) is 0 Å². The molecule has 1 heteroatoms. The van der Waals surface area contributed by atoms with Gasteiger partial charge in [0.25, 0.3) is 0 Å². The molecule has 2 N–H and O–H groups in total. The van der Waals surface area contributed by atoms with Crippen LogP contribution in [0.4, 0.5) is 0 Å². The van der Waals surface area contributed by atoms with Crippen molar-refractivity contribution in [3.8, 4) is 0 Å². The van der Waals surface area contributed by atoms with Crippen LogP contribution in [0.2, 0.25) is 0 Å². The van der Waals surface area contributed by atoms with Gasteiger partial charge in [-0.1, -0.05) is 6.92 Å².